The molecule has 0 saturated carbocycles. The molecule has 3 rings (SSSR count). The maximum Gasteiger partial charge on any atom is 0.293 e. The molecule has 4 nitrogen and oxygen atoms in total. The lowest BCUT2D eigenvalue weighted by molar-refractivity contribution is 0.624. The summed E-state index contributed by atoms with van der Waals surface area (Å²) in [5, 5.41) is 2.02. The normalized spacial score (nSPS) is 11.4. The van der Waals surface area contributed by atoms with Crippen LogP contribution in [-0.4, -0.2) is 4.98 Å². The predicted octanol–water partition coefficient (Wildman–Crippen LogP) is 2.76. The third-order valence-electron chi connectivity index (χ3n) is 3.19. The van der Waals surface area contributed by atoms with Crippen molar-refractivity contribution in [1.82, 2.24) is 4.98 Å². The number of nitrogen functional groups attached to an aromatic ring is 2. The van der Waals surface area contributed by atoms with Gasteiger partial charge in [0.2, 0.25) is 0 Å². The molecule has 0 bridgehead atoms. The van der Waals surface area contributed by atoms with Crippen LogP contribution in [0.5, 0.6) is 0 Å². The number of hydrogen-bond donors (Lipinski definition) is 2. The van der Waals surface area contributed by atoms with Gasteiger partial charge >= 0.3 is 0 Å². The van der Waals surface area contributed by atoms with Gasteiger partial charge in [-0.25, -0.2) is 0 Å². The lowest BCUT2D eigenvalue weighted by atomic mass is 9.99. The maximum absolute atomic E-state index is 6.17. The summed E-state index contributed by atoms with van der Waals surface area (Å²) in [5.74, 6) is 0. The number of nitrogens with two attached hydrogens (primary N) is 2. The Hall–Kier alpha value is -2.23. The molecule has 0 unspecified atom stereocenters. The van der Waals surface area contributed by atoms with Crippen LogP contribution in [0.3, 0.4) is 0 Å². The van der Waals surface area contributed by atoms with Crippen molar-refractivity contribution in [3.05, 3.63) is 29.3 Å². The van der Waals surface area contributed by atoms with Crippen molar-refractivity contribution in [2.75, 3.05) is 11.5 Å². The van der Waals surface area contributed by atoms with Crippen molar-refractivity contribution in [3.63, 3.8) is 0 Å². The Bertz CT molecular complexity index is 743. The Kier molecular flexibility index (Phi) is 1.84. The van der Waals surface area contributed by atoms with Gasteiger partial charge in [0.15, 0.2) is 5.58 Å². The van der Waals surface area contributed by atoms with E-state index in [-0.39, 0.29) is 6.01 Å². The monoisotopic (exact) mass is 227 g/mol. The largest absolute Gasteiger partial charge is 0.423 e. The first-order valence-electron chi connectivity index (χ1n) is 5.43. The van der Waals surface area contributed by atoms with E-state index in [0.29, 0.717) is 5.58 Å². The molecule has 0 aliphatic carbocycles. The first-order chi connectivity index (χ1) is 8.09. The Morgan fingerprint density at radius 2 is 1.94 bits per heavy atom. The van der Waals surface area contributed by atoms with Crippen LogP contribution < -0.4 is 11.5 Å². The molecule has 0 spiro atoms. The topological polar surface area (TPSA) is 78.1 Å². The number of aryl methyl sites for hydroxylation is 2. The lowest BCUT2D eigenvalue weighted by Gasteiger charge is -2.08. The summed E-state index contributed by atoms with van der Waals surface area (Å²) in [6.45, 7) is 3.96. The Morgan fingerprint density at radius 1 is 1.18 bits per heavy atom. The highest BCUT2D eigenvalue weighted by Crippen LogP contribution is 2.36. The Balaban J connectivity index is 2.69. The highest BCUT2D eigenvalue weighted by Gasteiger charge is 2.15. The summed E-state index contributed by atoms with van der Waals surface area (Å²) in [6, 6.07) is 6.18. The van der Waals surface area contributed by atoms with Crippen LogP contribution in [0.2, 0.25) is 0 Å². The van der Waals surface area contributed by atoms with Gasteiger partial charge in [-0.2, -0.15) is 4.98 Å². The third-order valence-corrected chi connectivity index (χ3v) is 3.19. The van der Waals surface area contributed by atoms with Crippen molar-refractivity contribution in [2.24, 2.45) is 0 Å². The zero-order valence-electron chi connectivity index (χ0n) is 9.74. The molecule has 1 heterocycles. The highest BCUT2D eigenvalue weighted by atomic mass is 16.4. The molecule has 4 heteroatoms. The van der Waals surface area contributed by atoms with Gasteiger partial charge in [-0.05, 0) is 19.4 Å². The van der Waals surface area contributed by atoms with Gasteiger partial charge in [-0.15, -0.1) is 0 Å². The summed E-state index contributed by atoms with van der Waals surface area (Å²) in [6.07, 6.45) is 0. The number of anilines is 2. The van der Waals surface area contributed by atoms with Crippen molar-refractivity contribution >= 4 is 33.6 Å². The first-order valence-corrected chi connectivity index (χ1v) is 5.43. The fourth-order valence-electron chi connectivity index (χ4n) is 2.31. The molecule has 0 saturated heterocycles. The van der Waals surface area contributed by atoms with Gasteiger partial charge in [0, 0.05) is 22.0 Å². The molecule has 0 amide bonds. The molecule has 0 aliphatic rings. The molecule has 0 atom stereocenters. The van der Waals surface area contributed by atoms with E-state index >= 15 is 0 Å². The SMILES string of the molecule is Cc1c(N)c2c(C)cccc2c2nc(N)oc12. The zero-order chi connectivity index (χ0) is 12.2. The second kappa shape index (κ2) is 3.13. The fraction of sp³-hybridized carbons (Fsp3) is 0.154. The van der Waals surface area contributed by atoms with Crippen molar-refractivity contribution in [3.8, 4) is 0 Å². The molecular formula is C13H13N3O. The minimum atomic E-state index is 0.177. The van der Waals surface area contributed by atoms with Crippen LogP contribution in [0, 0.1) is 13.8 Å². The number of fused-ring (bicyclic) bond motifs is 3. The smallest absolute Gasteiger partial charge is 0.293 e. The molecule has 0 fully saturated rings. The number of nitrogens with zero attached hydrogens (tertiary/aromatic N) is 1. The molecule has 1 aromatic heterocycles. The first kappa shape index (κ1) is 9.96. The van der Waals surface area contributed by atoms with Crippen molar-refractivity contribution in [2.45, 2.75) is 13.8 Å². The number of aromatic nitrogens is 1. The van der Waals surface area contributed by atoms with Gasteiger partial charge in [0.25, 0.3) is 6.01 Å². The average Bonchev–Trinajstić information content (AvgIpc) is 2.68. The van der Waals surface area contributed by atoms with E-state index in [0.717, 1.165) is 33.1 Å². The molecule has 3 aromatic rings. The molecule has 86 valence electrons. The molecule has 2 aromatic carbocycles. The van der Waals surface area contributed by atoms with E-state index in [2.05, 4.69) is 4.98 Å². The van der Waals surface area contributed by atoms with E-state index in [9.17, 15) is 0 Å². The van der Waals surface area contributed by atoms with Gasteiger partial charge in [0.05, 0.1) is 0 Å². The van der Waals surface area contributed by atoms with Crippen LogP contribution in [0.15, 0.2) is 22.6 Å². The van der Waals surface area contributed by atoms with E-state index in [1.165, 1.54) is 0 Å². The predicted molar refractivity (Wildman–Crippen MR) is 69.8 cm³/mol. The Labute approximate surface area is 98.2 Å². The van der Waals surface area contributed by atoms with E-state index in [1.807, 2.05) is 32.0 Å². The summed E-state index contributed by atoms with van der Waals surface area (Å²) < 4.78 is 5.41. The summed E-state index contributed by atoms with van der Waals surface area (Å²) in [7, 11) is 0. The quantitative estimate of drug-likeness (QED) is 0.579. The van der Waals surface area contributed by atoms with Crippen LogP contribution >= 0.6 is 0 Å². The van der Waals surface area contributed by atoms with E-state index in [4.69, 9.17) is 15.9 Å². The number of benzene rings is 2. The molecular weight excluding hydrogens is 214 g/mol. The van der Waals surface area contributed by atoms with E-state index in [1.54, 1.807) is 0 Å². The van der Waals surface area contributed by atoms with Crippen molar-refractivity contribution < 1.29 is 4.42 Å². The maximum atomic E-state index is 6.17. The van der Waals surface area contributed by atoms with Gasteiger partial charge in [0.1, 0.15) is 5.52 Å². The minimum absolute atomic E-state index is 0.177. The minimum Gasteiger partial charge on any atom is -0.423 e. The molecule has 4 N–H and O–H groups in total. The standard InChI is InChI=1S/C13H13N3O/c1-6-4-3-5-8-9(6)10(14)7(2)12-11(8)16-13(15)17-12/h3-5H,14H2,1-2H3,(H2,15,16). The van der Waals surface area contributed by atoms with Crippen molar-refractivity contribution in [1.29, 1.82) is 0 Å². The molecule has 0 aliphatic heterocycles. The van der Waals surface area contributed by atoms with Gasteiger partial charge < -0.3 is 15.9 Å². The Morgan fingerprint density at radius 3 is 2.71 bits per heavy atom. The number of hydrogen-bond acceptors (Lipinski definition) is 4. The lowest BCUT2D eigenvalue weighted by Crippen LogP contribution is -1.94. The van der Waals surface area contributed by atoms with Crippen LogP contribution in [-0.2, 0) is 0 Å². The van der Waals surface area contributed by atoms with E-state index < -0.39 is 0 Å². The number of oxazole rings is 1. The second-order valence-electron chi connectivity index (χ2n) is 4.27. The average molecular weight is 227 g/mol. The third kappa shape index (κ3) is 1.21. The van der Waals surface area contributed by atoms with Crippen LogP contribution in [0.25, 0.3) is 21.9 Å². The molecule has 0 radical (unpaired) electrons. The summed E-state index contributed by atoms with van der Waals surface area (Å²) in [4.78, 5) is 4.24. The fourth-order valence-corrected chi connectivity index (χ4v) is 2.31. The highest BCUT2D eigenvalue weighted by molar-refractivity contribution is 6.12. The zero-order valence-corrected chi connectivity index (χ0v) is 9.74. The number of rotatable bonds is 0. The van der Waals surface area contributed by atoms with Crippen LogP contribution in [0.1, 0.15) is 11.1 Å². The van der Waals surface area contributed by atoms with Gasteiger partial charge in [-0.3, -0.25) is 0 Å². The van der Waals surface area contributed by atoms with Crippen LogP contribution in [0.4, 0.5) is 11.7 Å². The summed E-state index contributed by atoms with van der Waals surface area (Å²) >= 11 is 0. The second-order valence-corrected chi connectivity index (χ2v) is 4.27. The van der Waals surface area contributed by atoms with Gasteiger partial charge in [-0.1, -0.05) is 18.2 Å². The summed E-state index contributed by atoms with van der Waals surface area (Å²) in [5.41, 5.74) is 16.0. The molecule has 17 heavy (non-hydrogen) atoms.